The predicted octanol–water partition coefficient (Wildman–Crippen LogP) is 12.2. The van der Waals surface area contributed by atoms with E-state index in [1.807, 2.05) is 91.0 Å². The molecule has 258 valence electrons. The predicted molar refractivity (Wildman–Crippen MR) is 222 cm³/mol. The molecular formula is C48H34N4O2. The van der Waals surface area contributed by atoms with Crippen LogP contribution in [-0.4, -0.2) is 14.8 Å². The van der Waals surface area contributed by atoms with Gasteiger partial charge in [0.15, 0.2) is 23.0 Å². The van der Waals surface area contributed by atoms with Crippen LogP contribution in [0.2, 0.25) is 0 Å². The van der Waals surface area contributed by atoms with Gasteiger partial charge in [0.25, 0.3) is 0 Å². The van der Waals surface area contributed by atoms with Gasteiger partial charge in [-0.3, -0.25) is 5.41 Å². The van der Waals surface area contributed by atoms with E-state index in [1.54, 1.807) is 0 Å². The van der Waals surface area contributed by atoms with E-state index in [0.717, 1.165) is 67.0 Å². The molecule has 1 aliphatic heterocycles. The van der Waals surface area contributed by atoms with Gasteiger partial charge < -0.3 is 24.3 Å². The number of hydrogen-bond acceptors (Lipinski definition) is 4. The summed E-state index contributed by atoms with van der Waals surface area (Å²) in [6.07, 6.45) is 0. The molecule has 10 aromatic rings. The second kappa shape index (κ2) is 12.4. The smallest absolute Gasteiger partial charge is 0.172 e. The van der Waals surface area contributed by atoms with Crippen molar-refractivity contribution in [2.45, 2.75) is 0 Å². The number of benzene rings is 8. The van der Waals surface area contributed by atoms with E-state index in [1.165, 1.54) is 27.2 Å². The highest BCUT2D eigenvalue weighted by molar-refractivity contribution is 6.26. The standard InChI is InChI=1S/C31H20N2O2.C17H14N2/c1-32-23-12-6-5-11-20(23)21-15-16-24-30(31(21)32)22-17-28-29(35-27-14-8-7-13-26(27)34-28)18-25(22)33(24)19-9-3-2-4-10-19;18-16(13-7-2-1-3-8-13)15-11-10-12-6-4-5-9-14(12)17(15)19/h2-18H,1H3;1-11,18H,19H2. The van der Waals surface area contributed by atoms with Crippen LogP contribution in [0.15, 0.2) is 170 Å². The Balaban J connectivity index is 0.000000161. The number of nitrogen functional groups attached to an aromatic ring is 1. The highest BCUT2D eigenvalue weighted by Gasteiger charge is 2.24. The Bertz CT molecular complexity index is 3090. The Morgan fingerprint density at radius 2 is 1.15 bits per heavy atom. The van der Waals surface area contributed by atoms with Crippen LogP contribution in [0.1, 0.15) is 11.1 Å². The Labute approximate surface area is 311 Å². The highest BCUT2D eigenvalue weighted by atomic mass is 16.6. The molecule has 0 unspecified atom stereocenters. The number of aromatic nitrogens is 2. The SMILES string of the molecule is Cn1c2ccccc2c2ccc3c(c4cc5c(cc4n3-c3ccccc3)Oc3ccccc3O5)c21.N=C(c1ccccc1)c1ccc2ccccc2c1N. The summed E-state index contributed by atoms with van der Waals surface area (Å²) < 4.78 is 17.2. The lowest BCUT2D eigenvalue weighted by Crippen LogP contribution is -2.05. The van der Waals surface area contributed by atoms with Gasteiger partial charge in [0, 0.05) is 68.1 Å². The fourth-order valence-electron chi connectivity index (χ4n) is 7.92. The van der Waals surface area contributed by atoms with Gasteiger partial charge in [0.1, 0.15) is 0 Å². The van der Waals surface area contributed by atoms with Crippen molar-refractivity contribution < 1.29 is 9.47 Å². The van der Waals surface area contributed by atoms with Gasteiger partial charge >= 0.3 is 0 Å². The average Bonchev–Trinajstić information content (AvgIpc) is 3.70. The third kappa shape index (κ3) is 4.92. The first-order chi connectivity index (χ1) is 26.5. The lowest BCUT2D eigenvalue weighted by Gasteiger charge is -2.20. The second-order valence-corrected chi connectivity index (χ2v) is 13.6. The van der Waals surface area contributed by atoms with Crippen molar-refractivity contribution in [3.8, 4) is 28.7 Å². The molecule has 0 saturated carbocycles. The van der Waals surface area contributed by atoms with Gasteiger partial charge in [0.05, 0.1) is 22.3 Å². The quantitative estimate of drug-likeness (QED) is 0.142. The van der Waals surface area contributed by atoms with E-state index in [9.17, 15) is 0 Å². The zero-order valence-corrected chi connectivity index (χ0v) is 29.5. The maximum Gasteiger partial charge on any atom is 0.172 e. The van der Waals surface area contributed by atoms with Gasteiger partial charge in [-0.05, 0) is 47.9 Å². The Kier molecular flexibility index (Phi) is 7.23. The van der Waals surface area contributed by atoms with Gasteiger partial charge in [-0.25, -0.2) is 0 Å². The van der Waals surface area contributed by atoms with Crippen molar-refractivity contribution in [1.82, 2.24) is 9.13 Å². The Morgan fingerprint density at radius 3 is 1.91 bits per heavy atom. The molecule has 8 aromatic carbocycles. The molecule has 6 heteroatoms. The number of anilines is 1. The number of nitrogens with two attached hydrogens (primary N) is 1. The van der Waals surface area contributed by atoms with Crippen LogP contribution >= 0.6 is 0 Å². The summed E-state index contributed by atoms with van der Waals surface area (Å²) in [4.78, 5) is 0. The van der Waals surface area contributed by atoms with Crippen LogP contribution in [0.4, 0.5) is 5.69 Å². The summed E-state index contributed by atoms with van der Waals surface area (Å²) >= 11 is 0. The number of nitrogens with one attached hydrogen (secondary N) is 1. The van der Waals surface area contributed by atoms with Crippen molar-refractivity contribution >= 4 is 65.8 Å². The third-order valence-electron chi connectivity index (χ3n) is 10.5. The van der Waals surface area contributed by atoms with Crippen LogP contribution in [0.5, 0.6) is 23.0 Å². The van der Waals surface area contributed by atoms with E-state index >= 15 is 0 Å². The first-order valence-corrected chi connectivity index (χ1v) is 17.9. The minimum absolute atomic E-state index is 0.462. The molecule has 54 heavy (non-hydrogen) atoms. The fraction of sp³-hybridized carbons (Fsp3) is 0.0208. The topological polar surface area (TPSA) is 78.2 Å². The first kappa shape index (κ1) is 31.4. The van der Waals surface area contributed by atoms with Crippen molar-refractivity contribution in [3.05, 3.63) is 181 Å². The Morgan fingerprint density at radius 1 is 0.519 bits per heavy atom. The molecule has 0 saturated heterocycles. The van der Waals surface area contributed by atoms with Gasteiger partial charge in [-0.1, -0.05) is 121 Å². The van der Waals surface area contributed by atoms with E-state index in [-0.39, 0.29) is 0 Å². The number of rotatable bonds is 3. The van der Waals surface area contributed by atoms with Gasteiger partial charge in [-0.2, -0.15) is 0 Å². The van der Waals surface area contributed by atoms with Gasteiger partial charge in [-0.15, -0.1) is 0 Å². The van der Waals surface area contributed by atoms with Crippen LogP contribution in [0.3, 0.4) is 0 Å². The number of hydrogen-bond donors (Lipinski definition) is 2. The lowest BCUT2D eigenvalue weighted by atomic mass is 9.97. The lowest BCUT2D eigenvalue weighted by molar-refractivity contribution is 0.360. The number of fused-ring (bicyclic) bond motifs is 10. The summed E-state index contributed by atoms with van der Waals surface area (Å²) in [6.45, 7) is 0. The second-order valence-electron chi connectivity index (χ2n) is 13.6. The van der Waals surface area contributed by atoms with E-state index in [0.29, 0.717) is 11.4 Å². The fourth-order valence-corrected chi connectivity index (χ4v) is 7.92. The summed E-state index contributed by atoms with van der Waals surface area (Å²) in [5.41, 5.74) is 14.8. The molecule has 0 spiro atoms. The molecule has 11 rings (SSSR count). The maximum absolute atomic E-state index is 8.31. The average molecular weight is 699 g/mol. The van der Waals surface area contributed by atoms with Crippen LogP contribution < -0.4 is 15.2 Å². The Hall–Kier alpha value is -7.31. The highest BCUT2D eigenvalue weighted by Crippen LogP contribution is 2.49. The number of aryl methyl sites for hydroxylation is 1. The molecule has 0 amide bonds. The summed E-state index contributed by atoms with van der Waals surface area (Å²) in [7, 11) is 2.16. The zero-order chi connectivity index (χ0) is 36.3. The van der Waals surface area contributed by atoms with E-state index in [4.69, 9.17) is 20.6 Å². The molecular weight excluding hydrogens is 665 g/mol. The zero-order valence-electron chi connectivity index (χ0n) is 29.5. The minimum atomic E-state index is 0.462. The van der Waals surface area contributed by atoms with Crippen LogP contribution in [0, 0.1) is 5.41 Å². The van der Waals surface area contributed by atoms with Crippen molar-refractivity contribution in [3.63, 3.8) is 0 Å². The van der Waals surface area contributed by atoms with Crippen molar-refractivity contribution in [2.24, 2.45) is 7.05 Å². The first-order valence-electron chi connectivity index (χ1n) is 17.9. The van der Waals surface area contributed by atoms with Crippen LogP contribution in [0.25, 0.3) is 60.1 Å². The normalized spacial score (nSPS) is 11.9. The molecule has 2 aromatic heterocycles. The number of nitrogens with zero attached hydrogens (tertiary/aromatic N) is 2. The van der Waals surface area contributed by atoms with Crippen LogP contribution in [-0.2, 0) is 7.05 Å². The van der Waals surface area contributed by atoms with E-state index in [2.05, 4.69) is 95.0 Å². The molecule has 0 aliphatic carbocycles. The maximum atomic E-state index is 8.31. The molecule has 0 fully saturated rings. The molecule has 3 heterocycles. The molecule has 6 nitrogen and oxygen atoms in total. The van der Waals surface area contributed by atoms with Gasteiger partial charge in [0.2, 0.25) is 0 Å². The molecule has 0 radical (unpaired) electrons. The molecule has 3 N–H and O–H groups in total. The number of para-hydroxylation sites is 4. The molecule has 1 aliphatic rings. The molecule has 0 atom stereocenters. The third-order valence-corrected chi connectivity index (χ3v) is 10.5. The van der Waals surface area contributed by atoms with Crippen molar-refractivity contribution in [1.29, 1.82) is 5.41 Å². The summed E-state index contributed by atoms with van der Waals surface area (Å²) in [6, 6.07) is 57.2. The summed E-state index contributed by atoms with van der Waals surface area (Å²) in [5, 5.41) is 15.3. The number of ether oxygens (including phenoxy) is 2. The minimum Gasteiger partial charge on any atom is -0.449 e. The van der Waals surface area contributed by atoms with E-state index < -0.39 is 0 Å². The molecule has 0 bridgehead atoms. The largest absolute Gasteiger partial charge is 0.449 e. The summed E-state index contributed by atoms with van der Waals surface area (Å²) in [5.74, 6) is 2.93. The monoisotopic (exact) mass is 698 g/mol. The van der Waals surface area contributed by atoms with Crippen molar-refractivity contribution in [2.75, 3.05) is 5.73 Å².